The molecule has 3 fully saturated rings. The molecule has 0 spiro atoms. The molecule has 8 nitrogen and oxygen atoms in total. The number of rotatable bonds is 8. The number of nitrogens with zero attached hydrogens (tertiary/aromatic N) is 5. The number of nitrogens with one attached hydrogen (secondary N) is 1. The van der Waals surface area contributed by atoms with E-state index in [0.29, 0.717) is 28.9 Å². The van der Waals surface area contributed by atoms with Crippen LogP contribution in [-0.4, -0.2) is 57.7 Å². The van der Waals surface area contributed by atoms with Gasteiger partial charge in [-0.1, -0.05) is 31.1 Å². The number of hydrogen-bond acceptors (Lipinski definition) is 6. The van der Waals surface area contributed by atoms with Crippen LogP contribution in [0.2, 0.25) is 0 Å². The van der Waals surface area contributed by atoms with Gasteiger partial charge in [0.15, 0.2) is 5.78 Å². The van der Waals surface area contributed by atoms with E-state index in [-0.39, 0.29) is 22.9 Å². The first kappa shape index (κ1) is 26.5. The van der Waals surface area contributed by atoms with Gasteiger partial charge in [0.1, 0.15) is 11.5 Å². The number of Topliss-reactive ketones (excluding diaryl/α,β-unsaturated/α-hetero) is 1. The number of carbonyl (C=O) groups excluding carboxylic acids is 1. The number of ketones is 1. The molecule has 2 aromatic heterocycles. The molecule has 202 valence electrons. The van der Waals surface area contributed by atoms with Crippen LogP contribution in [0, 0.1) is 18.8 Å². The molecule has 0 bridgehead atoms. The summed E-state index contributed by atoms with van der Waals surface area (Å²) in [5.41, 5.74) is 2.33. The Morgan fingerprint density at radius 1 is 1.16 bits per heavy atom. The second-order valence-corrected chi connectivity index (χ2v) is 11.3. The van der Waals surface area contributed by atoms with Gasteiger partial charge in [0.05, 0.1) is 5.56 Å². The first-order valence-corrected chi connectivity index (χ1v) is 14.1. The van der Waals surface area contributed by atoms with Gasteiger partial charge in [0.25, 0.3) is 5.56 Å². The number of aromatic nitrogens is 3. The molecule has 1 N–H and O–H groups in total. The summed E-state index contributed by atoms with van der Waals surface area (Å²) in [6.07, 6.45) is 14.8. The number of amidine groups is 1. The van der Waals surface area contributed by atoms with Crippen molar-refractivity contribution in [2.75, 3.05) is 32.0 Å². The molecule has 2 aromatic rings. The molecule has 0 radical (unpaired) electrons. The highest BCUT2D eigenvalue weighted by Crippen LogP contribution is 2.33. The Balaban J connectivity index is 1.33. The average Bonchev–Trinajstić information content (AvgIpc) is 3.56. The Labute approximate surface area is 225 Å². The van der Waals surface area contributed by atoms with Crippen LogP contribution in [0.4, 0.5) is 5.95 Å². The van der Waals surface area contributed by atoms with Crippen LogP contribution in [0.15, 0.2) is 40.3 Å². The van der Waals surface area contributed by atoms with Crippen LogP contribution in [0.5, 0.6) is 0 Å². The second-order valence-electron chi connectivity index (χ2n) is 11.3. The summed E-state index contributed by atoms with van der Waals surface area (Å²) >= 11 is 0. The molecule has 3 aliphatic rings. The number of aliphatic imine (C=N–C) groups is 1. The largest absolute Gasteiger partial charge is 0.309 e. The van der Waals surface area contributed by atoms with Gasteiger partial charge in [-0.25, -0.2) is 4.98 Å². The van der Waals surface area contributed by atoms with Crippen LogP contribution in [0.3, 0.4) is 0 Å². The van der Waals surface area contributed by atoms with Gasteiger partial charge < -0.3 is 10.2 Å². The Morgan fingerprint density at radius 3 is 2.50 bits per heavy atom. The normalized spacial score (nSPS) is 20.0. The molecule has 0 aromatic carbocycles. The lowest BCUT2D eigenvalue weighted by atomic mass is 9.89. The number of pyridine rings is 1. The molecule has 38 heavy (non-hydrogen) atoms. The van der Waals surface area contributed by atoms with E-state index in [4.69, 9.17) is 4.98 Å². The number of anilines is 1. The topological polar surface area (TPSA) is 92.5 Å². The summed E-state index contributed by atoms with van der Waals surface area (Å²) in [5.74, 6) is 2.22. The zero-order valence-electron chi connectivity index (χ0n) is 23.0. The van der Waals surface area contributed by atoms with Gasteiger partial charge in [-0.3, -0.25) is 19.1 Å². The van der Waals surface area contributed by atoms with Gasteiger partial charge in [-0.15, -0.1) is 0 Å². The summed E-state index contributed by atoms with van der Waals surface area (Å²) in [4.78, 5) is 42.1. The highest BCUT2D eigenvalue weighted by atomic mass is 16.1. The Kier molecular flexibility index (Phi) is 7.88. The van der Waals surface area contributed by atoms with E-state index < -0.39 is 0 Å². The molecule has 2 aliphatic carbocycles. The predicted molar refractivity (Wildman–Crippen MR) is 153 cm³/mol. The molecule has 0 atom stereocenters. The Hall–Kier alpha value is -3.13. The van der Waals surface area contributed by atoms with Crippen LogP contribution < -0.4 is 10.9 Å². The number of likely N-dealkylation sites (tertiary alicyclic amines) is 1. The van der Waals surface area contributed by atoms with Crippen LogP contribution in [-0.2, 0) is 0 Å². The zero-order chi connectivity index (χ0) is 26.8. The van der Waals surface area contributed by atoms with Gasteiger partial charge in [-0.2, -0.15) is 4.98 Å². The van der Waals surface area contributed by atoms with Crippen molar-refractivity contribution in [2.45, 2.75) is 71.3 Å². The lowest BCUT2D eigenvalue weighted by Crippen LogP contribution is -2.35. The quantitative estimate of drug-likeness (QED) is 0.227. The van der Waals surface area contributed by atoms with E-state index in [1.54, 1.807) is 24.7 Å². The summed E-state index contributed by atoms with van der Waals surface area (Å²) < 4.78 is 1.73. The first-order valence-electron chi connectivity index (χ1n) is 14.1. The lowest BCUT2D eigenvalue weighted by Gasteiger charge is -2.32. The van der Waals surface area contributed by atoms with E-state index in [1.807, 2.05) is 6.08 Å². The average molecular weight is 517 g/mol. The predicted octanol–water partition coefficient (Wildman–Crippen LogP) is 5.09. The van der Waals surface area contributed by atoms with Crippen molar-refractivity contribution in [1.82, 2.24) is 19.4 Å². The van der Waals surface area contributed by atoms with Crippen molar-refractivity contribution >= 4 is 28.6 Å². The Morgan fingerprint density at radius 2 is 1.87 bits per heavy atom. The molecular weight excluding hydrogens is 476 g/mol. The van der Waals surface area contributed by atoms with Crippen LogP contribution >= 0.6 is 0 Å². The number of aryl methyl sites for hydroxylation is 1. The summed E-state index contributed by atoms with van der Waals surface area (Å²) in [7, 11) is 1.73. The van der Waals surface area contributed by atoms with Gasteiger partial charge in [0.2, 0.25) is 5.95 Å². The summed E-state index contributed by atoms with van der Waals surface area (Å²) in [6, 6.07) is 0.0460. The molecule has 3 heterocycles. The third-order valence-corrected chi connectivity index (χ3v) is 8.51. The summed E-state index contributed by atoms with van der Waals surface area (Å²) in [5, 5.41) is 3.95. The van der Waals surface area contributed by atoms with Crippen molar-refractivity contribution in [1.29, 1.82) is 0 Å². The molecule has 2 saturated carbocycles. The van der Waals surface area contributed by atoms with E-state index in [2.05, 4.69) is 32.8 Å². The lowest BCUT2D eigenvalue weighted by molar-refractivity contribution is 0.101. The van der Waals surface area contributed by atoms with Gasteiger partial charge in [-0.05, 0) is 88.9 Å². The van der Waals surface area contributed by atoms with Crippen LogP contribution in [0.1, 0.15) is 80.3 Å². The molecule has 5 rings (SSSR count). The second kappa shape index (κ2) is 11.3. The monoisotopic (exact) mass is 516 g/mol. The van der Waals surface area contributed by atoms with Crippen molar-refractivity contribution in [2.24, 2.45) is 16.8 Å². The van der Waals surface area contributed by atoms with Crippen LogP contribution in [0.25, 0.3) is 11.0 Å². The Bertz CT molecular complexity index is 1340. The third kappa shape index (κ3) is 5.65. The van der Waals surface area contributed by atoms with E-state index in [0.717, 1.165) is 68.5 Å². The maximum Gasteiger partial charge on any atom is 0.263 e. The van der Waals surface area contributed by atoms with Crippen molar-refractivity contribution in [3.8, 4) is 0 Å². The fraction of sp³-hybridized carbons (Fsp3) is 0.567. The molecule has 1 saturated heterocycles. The minimum atomic E-state index is -0.247. The van der Waals surface area contributed by atoms with Gasteiger partial charge >= 0.3 is 0 Å². The number of piperidine rings is 1. The maximum atomic E-state index is 13.4. The zero-order valence-corrected chi connectivity index (χ0v) is 23.0. The summed E-state index contributed by atoms with van der Waals surface area (Å²) in [6.45, 7) is 11.2. The molecule has 0 unspecified atom stereocenters. The first-order chi connectivity index (χ1) is 18.4. The maximum absolute atomic E-state index is 13.4. The minimum absolute atomic E-state index is 0.0460. The number of carbonyl (C=O) groups is 1. The molecule has 0 amide bonds. The van der Waals surface area contributed by atoms with E-state index in [1.165, 1.54) is 26.3 Å². The van der Waals surface area contributed by atoms with Gasteiger partial charge in [0, 0.05) is 31.2 Å². The van der Waals surface area contributed by atoms with Crippen molar-refractivity contribution in [3.63, 3.8) is 0 Å². The van der Waals surface area contributed by atoms with Crippen molar-refractivity contribution < 1.29 is 4.79 Å². The smallest absolute Gasteiger partial charge is 0.263 e. The standard InChI is InChI=1S/C30H40N6O2/c1-19(23-13-15-35(16-14-23)18-22-10-11-22)9-12-26(31-4)33-30-32-17-25-20(2)27(21(3)37)29(38)36(28(25)34-30)24-7-5-6-8-24/h9,12,17,22-24H,1,5-8,10-11,13-16,18H2,2-4H3,(H,31,32,33,34)/b12-9-. The minimum Gasteiger partial charge on any atom is -0.309 e. The molecular formula is C30H40N6O2. The van der Waals surface area contributed by atoms with E-state index in [9.17, 15) is 9.59 Å². The highest BCUT2D eigenvalue weighted by molar-refractivity contribution is 6.03. The molecule has 1 aliphatic heterocycles. The number of fused-ring (bicyclic) bond motifs is 1. The third-order valence-electron chi connectivity index (χ3n) is 8.51. The fourth-order valence-electron chi connectivity index (χ4n) is 6.07. The molecule has 8 heteroatoms. The number of allylic oxidation sites excluding steroid dienone is 2. The fourth-order valence-corrected chi connectivity index (χ4v) is 6.07. The SMILES string of the molecule is C=C(/C=C\C(=NC)Nc1ncc2c(C)c(C(C)=O)c(=O)n(C3CCCC3)c2n1)C1CCN(CC2CC2)CC1. The highest BCUT2D eigenvalue weighted by Gasteiger charge is 2.28. The number of hydrogen-bond donors (Lipinski definition) is 1. The van der Waals surface area contributed by atoms with Crippen molar-refractivity contribution in [3.05, 3.63) is 52.0 Å². The van der Waals surface area contributed by atoms with E-state index >= 15 is 0 Å².